The SMILES string of the molecule is C[C@H](NS(=O)(=O)c1ccccc1F)C(=O)NCc1ccccc1CN(C)C1CCCCC1. The van der Waals surface area contributed by atoms with Crippen molar-refractivity contribution in [2.75, 3.05) is 7.05 Å². The maximum absolute atomic E-state index is 13.9. The highest BCUT2D eigenvalue weighted by atomic mass is 32.2. The topological polar surface area (TPSA) is 78.5 Å². The van der Waals surface area contributed by atoms with E-state index < -0.39 is 32.7 Å². The molecular formula is C24H32FN3O3S. The summed E-state index contributed by atoms with van der Waals surface area (Å²) in [5.41, 5.74) is 2.13. The van der Waals surface area contributed by atoms with Crippen LogP contribution in [0, 0.1) is 5.82 Å². The van der Waals surface area contributed by atoms with Gasteiger partial charge in [0.15, 0.2) is 0 Å². The molecule has 3 rings (SSSR count). The first kappa shape index (κ1) is 24.4. The number of hydrogen-bond donors (Lipinski definition) is 2. The number of rotatable bonds is 9. The summed E-state index contributed by atoms with van der Waals surface area (Å²) in [6.07, 6.45) is 6.29. The number of halogens is 1. The maximum atomic E-state index is 13.9. The third-order valence-corrected chi connectivity index (χ3v) is 7.61. The smallest absolute Gasteiger partial charge is 0.244 e. The van der Waals surface area contributed by atoms with E-state index in [1.165, 1.54) is 57.2 Å². The largest absolute Gasteiger partial charge is 0.351 e. The molecule has 174 valence electrons. The Kier molecular flexibility index (Phi) is 8.39. The number of hydrogen-bond acceptors (Lipinski definition) is 4. The van der Waals surface area contributed by atoms with Crippen molar-refractivity contribution in [3.05, 3.63) is 65.5 Å². The second kappa shape index (κ2) is 11.0. The molecule has 2 aromatic carbocycles. The molecule has 0 unspecified atom stereocenters. The zero-order valence-electron chi connectivity index (χ0n) is 18.7. The van der Waals surface area contributed by atoms with Crippen molar-refractivity contribution >= 4 is 15.9 Å². The van der Waals surface area contributed by atoms with Crippen LogP contribution >= 0.6 is 0 Å². The standard InChI is InChI=1S/C24H32FN3O3S/c1-18(27-32(30,31)23-15-9-8-14-22(23)25)24(29)26-16-19-10-6-7-11-20(19)17-28(2)21-12-4-3-5-13-21/h6-11,14-15,18,21,27H,3-5,12-13,16-17H2,1-2H3,(H,26,29)/t18-/m0/s1. The van der Waals surface area contributed by atoms with Crippen molar-refractivity contribution in [2.45, 2.75) is 69.1 Å². The summed E-state index contributed by atoms with van der Waals surface area (Å²) in [6, 6.07) is 12.6. The van der Waals surface area contributed by atoms with Crippen LogP contribution in [0.1, 0.15) is 50.2 Å². The van der Waals surface area contributed by atoms with E-state index in [4.69, 9.17) is 0 Å². The predicted molar refractivity (Wildman–Crippen MR) is 123 cm³/mol. The third-order valence-electron chi connectivity index (χ3n) is 6.04. The van der Waals surface area contributed by atoms with Crippen LogP contribution in [0.15, 0.2) is 53.4 Å². The lowest BCUT2D eigenvalue weighted by Gasteiger charge is -2.31. The van der Waals surface area contributed by atoms with Crippen molar-refractivity contribution in [3.8, 4) is 0 Å². The molecule has 0 radical (unpaired) electrons. The van der Waals surface area contributed by atoms with Crippen LogP contribution in [0.3, 0.4) is 0 Å². The first-order valence-electron chi connectivity index (χ1n) is 11.1. The highest BCUT2D eigenvalue weighted by Crippen LogP contribution is 2.23. The van der Waals surface area contributed by atoms with E-state index >= 15 is 0 Å². The van der Waals surface area contributed by atoms with Gasteiger partial charge in [-0.15, -0.1) is 0 Å². The van der Waals surface area contributed by atoms with Crippen molar-refractivity contribution in [1.82, 2.24) is 14.9 Å². The Bertz CT molecular complexity index is 1020. The first-order chi connectivity index (χ1) is 15.3. The number of amides is 1. The average molecular weight is 462 g/mol. The summed E-state index contributed by atoms with van der Waals surface area (Å²) in [4.78, 5) is 14.5. The number of benzene rings is 2. The molecule has 0 aliphatic heterocycles. The van der Waals surface area contributed by atoms with Gasteiger partial charge in [-0.3, -0.25) is 9.69 Å². The summed E-state index contributed by atoms with van der Waals surface area (Å²) in [7, 11) is -2.00. The molecule has 0 aromatic heterocycles. The summed E-state index contributed by atoms with van der Waals surface area (Å²) in [6.45, 7) is 2.53. The molecule has 2 aromatic rings. The Morgan fingerprint density at radius 3 is 2.38 bits per heavy atom. The van der Waals surface area contributed by atoms with Gasteiger partial charge in [0.2, 0.25) is 15.9 Å². The number of sulfonamides is 1. The number of carbonyl (C=O) groups excluding carboxylic acids is 1. The van der Waals surface area contributed by atoms with Gasteiger partial charge >= 0.3 is 0 Å². The number of nitrogens with one attached hydrogen (secondary N) is 2. The summed E-state index contributed by atoms with van der Waals surface area (Å²) < 4.78 is 41.0. The normalized spacial score (nSPS) is 16.1. The molecule has 1 fully saturated rings. The molecule has 2 N–H and O–H groups in total. The molecule has 0 saturated heterocycles. The Hall–Kier alpha value is -2.29. The number of carbonyl (C=O) groups is 1. The van der Waals surface area contributed by atoms with E-state index in [9.17, 15) is 17.6 Å². The van der Waals surface area contributed by atoms with Gasteiger partial charge < -0.3 is 5.32 Å². The minimum absolute atomic E-state index is 0.291. The van der Waals surface area contributed by atoms with E-state index in [0.717, 1.165) is 23.7 Å². The molecular weight excluding hydrogens is 429 g/mol. The van der Waals surface area contributed by atoms with Crippen LogP contribution in [-0.4, -0.2) is 38.4 Å². The fourth-order valence-corrected chi connectivity index (χ4v) is 5.43. The lowest BCUT2D eigenvalue weighted by Crippen LogP contribution is -2.44. The van der Waals surface area contributed by atoms with E-state index in [1.807, 2.05) is 18.2 Å². The van der Waals surface area contributed by atoms with Crippen molar-refractivity contribution in [1.29, 1.82) is 0 Å². The van der Waals surface area contributed by atoms with Crippen LogP contribution < -0.4 is 10.0 Å². The van der Waals surface area contributed by atoms with Crippen LogP contribution in [0.2, 0.25) is 0 Å². The van der Waals surface area contributed by atoms with Crippen LogP contribution in [-0.2, 0) is 27.9 Å². The molecule has 32 heavy (non-hydrogen) atoms. The monoisotopic (exact) mass is 461 g/mol. The zero-order valence-corrected chi connectivity index (χ0v) is 19.5. The fraction of sp³-hybridized carbons (Fsp3) is 0.458. The van der Waals surface area contributed by atoms with Crippen molar-refractivity contribution < 1.29 is 17.6 Å². The van der Waals surface area contributed by atoms with Crippen LogP contribution in [0.25, 0.3) is 0 Å². The fourth-order valence-electron chi connectivity index (χ4n) is 4.15. The molecule has 0 heterocycles. The van der Waals surface area contributed by atoms with E-state index in [1.54, 1.807) is 0 Å². The van der Waals surface area contributed by atoms with Gasteiger partial charge in [-0.1, -0.05) is 55.7 Å². The molecule has 1 amide bonds. The summed E-state index contributed by atoms with van der Waals surface area (Å²) >= 11 is 0. The van der Waals surface area contributed by atoms with Crippen molar-refractivity contribution in [2.24, 2.45) is 0 Å². The zero-order chi connectivity index (χ0) is 23.1. The van der Waals surface area contributed by atoms with Gasteiger partial charge in [-0.05, 0) is 50.1 Å². The molecule has 1 atom stereocenters. The summed E-state index contributed by atoms with van der Waals surface area (Å²) in [5, 5.41) is 2.80. The van der Waals surface area contributed by atoms with E-state index in [-0.39, 0.29) is 0 Å². The predicted octanol–water partition coefficient (Wildman–Crippen LogP) is 3.57. The minimum atomic E-state index is -4.15. The van der Waals surface area contributed by atoms with Gasteiger partial charge in [0.1, 0.15) is 10.7 Å². The molecule has 1 aliphatic rings. The van der Waals surface area contributed by atoms with Gasteiger partial charge in [0, 0.05) is 19.1 Å². The Balaban J connectivity index is 1.59. The van der Waals surface area contributed by atoms with E-state index in [0.29, 0.717) is 12.6 Å². The molecule has 0 spiro atoms. The van der Waals surface area contributed by atoms with Gasteiger partial charge in [-0.25, -0.2) is 12.8 Å². The maximum Gasteiger partial charge on any atom is 0.244 e. The van der Waals surface area contributed by atoms with Crippen LogP contribution in [0.4, 0.5) is 4.39 Å². The van der Waals surface area contributed by atoms with Gasteiger partial charge in [-0.2, -0.15) is 4.72 Å². The van der Waals surface area contributed by atoms with Gasteiger partial charge in [0.05, 0.1) is 6.04 Å². The molecule has 0 bridgehead atoms. The highest BCUT2D eigenvalue weighted by Gasteiger charge is 2.24. The minimum Gasteiger partial charge on any atom is -0.351 e. The van der Waals surface area contributed by atoms with Crippen molar-refractivity contribution in [3.63, 3.8) is 0 Å². The van der Waals surface area contributed by atoms with E-state index in [2.05, 4.69) is 28.1 Å². The quantitative estimate of drug-likeness (QED) is 0.598. The Morgan fingerprint density at radius 2 is 1.69 bits per heavy atom. The summed E-state index contributed by atoms with van der Waals surface area (Å²) in [5.74, 6) is -1.33. The van der Waals surface area contributed by atoms with Crippen LogP contribution in [0.5, 0.6) is 0 Å². The molecule has 8 heteroatoms. The average Bonchev–Trinajstić information content (AvgIpc) is 2.78. The number of nitrogens with zero attached hydrogens (tertiary/aromatic N) is 1. The lowest BCUT2D eigenvalue weighted by atomic mass is 9.94. The second-order valence-electron chi connectivity index (χ2n) is 8.47. The molecule has 1 aliphatic carbocycles. The Morgan fingerprint density at radius 1 is 1.06 bits per heavy atom. The molecule has 1 saturated carbocycles. The van der Waals surface area contributed by atoms with Gasteiger partial charge in [0.25, 0.3) is 0 Å². The first-order valence-corrected chi connectivity index (χ1v) is 12.6. The lowest BCUT2D eigenvalue weighted by molar-refractivity contribution is -0.122. The third kappa shape index (κ3) is 6.37. The second-order valence-corrected chi connectivity index (χ2v) is 10.1. The Labute approximate surface area is 190 Å². The highest BCUT2D eigenvalue weighted by molar-refractivity contribution is 7.89. The molecule has 6 nitrogen and oxygen atoms in total.